The molecular formula is C12H19N3O. The predicted molar refractivity (Wildman–Crippen MR) is 62.2 cm³/mol. The first-order valence-corrected chi connectivity index (χ1v) is 5.90. The molecule has 0 amide bonds. The molecule has 0 saturated heterocycles. The number of aryl methyl sites for hydroxylation is 1. The maximum Gasteiger partial charge on any atom is 0.200 e. The molecule has 16 heavy (non-hydrogen) atoms. The van der Waals surface area contributed by atoms with E-state index in [1.54, 1.807) is 17.0 Å². The van der Waals surface area contributed by atoms with E-state index in [1.807, 2.05) is 7.05 Å². The van der Waals surface area contributed by atoms with Gasteiger partial charge < -0.3 is 10.3 Å². The van der Waals surface area contributed by atoms with Crippen LogP contribution in [0.15, 0.2) is 12.4 Å². The molecule has 1 aliphatic carbocycles. The second kappa shape index (κ2) is 4.37. The van der Waals surface area contributed by atoms with Gasteiger partial charge in [-0.2, -0.15) is 0 Å². The fourth-order valence-electron chi connectivity index (χ4n) is 2.47. The van der Waals surface area contributed by atoms with Crippen LogP contribution >= 0.6 is 0 Å². The van der Waals surface area contributed by atoms with Gasteiger partial charge >= 0.3 is 0 Å². The minimum absolute atomic E-state index is 0.0666. The van der Waals surface area contributed by atoms with Crippen LogP contribution in [0.1, 0.15) is 49.1 Å². The molecule has 1 fully saturated rings. The van der Waals surface area contributed by atoms with Gasteiger partial charge in [0, 0.05) is 31.4 Å². The van der Waals surface area contributed by atoms with E-state index in [4.69, 9.17) is 5.73 Å². The van der Waals surface area contributed by atoms with Gasteiger partial charge in [-0.3, -0.25) is 4.79 Å². The number of aromatic nitrogens is 2. The summed E-state index contributed by atoms with van der Waals surface area (Å²) in [6.45, 7) is 0. The average molecular weight is 221 g/mol. The third kappa shape index (κ3) is 2.32. The normalized spacial score (nSPS) is 19.6. The lowest BCUT2D eigenvalue weighted by molar-refractivity contribution is 0.0921. The van der Waals surface area contributed by atoms with Gasteiger partial charge in [-0.25, -0.2) is 4.98 Å². The van der Waals surface area contributed by atoms with Crippen molar-refractivity contribution >= 4 is 5.78 Å². The van der Waals surface area contributed by atoms with Crippen molar-refractivity contribution in [3.63, 3.8) is 0 Å². The molecule has 0 unspecified atom stereocenters. The Labute approximate surface area is 95.9 Å². The van der Waals surface area contributed by atoms with Gasteiger partial charge in [-0.15, -0.1) is 0 Å². The van der Waals surface area contributed by atoms with Crippen molar-refractivity contribution in [1.82, 2.24) is 9.55 Å². The number of imidazole rings is 1. The van der Waals surface area contributed by atoms with E-state index in [0.717, 1.165) is 25.7 Å². The third-order valence-corrected chi connectivity index (χ3v) is 3.43. The molecule has 0 bridgehead atoms. The summed E-state index contributed by atoms with van der Waals surface area (Å²) in [4.78, 5) is 16.1. The second-order valence-electron chi connectivity index (χ2n) is 4.88. The first-order chi connectivity index (χ1) is 7.61. The zero-order valence-electron chi connectivity index (χ0n) is 9.78. The topological polar surface area (TPSA) is 60.9 Å². The van der Waals surface area contributed by atoms with Gasteiger partial charge in [0.25, 0.3) is 0 Å². The number of Topliss-reactive ketones (excluding diaryl/α,β-unsaturated/α-hetero) is 1. The quantitative estimate of drug-likeness (QED) is 0.789. The summed E-state index contributed by atoms with van der Waals surface area (Å²) in [6, 6.07) is 0. The molecule has 1 aromatic heterocycles. The summed E-state index contributed by atoms with van der Waals surface area (Å²) in [5.74, 6) is 0.590. The zero-order valence-corrected chi connectivity index (χ0v) is 9.78. The van der Waals surface area contributed by atoms with E-state index in [9.17, 15) is 4.79 Å². The minimum atomic E-state index is -0.290. The van der Waals surface area contributed by atoms with E-state index in [1.165, 1.54) is 6.42 Å². The van der Waals surface area contributed by atoms with Crippen LogP contribution in [0.5, 0.6) is 0 Å². The van der Waals surface area contributed by atoms with Crippen LogP contribution < -0.4 is 5.73 Å². The molecule has 4 heteroatoms. The summed E-state index contributed by atoms with van der Waals surface area (Å²) >= 11 is 0. The molecule has 88 valence electrons. The number of rotatable bonds is 3. The Hall–Kier alpha value is -1.16. The molecule has 1 heterocycles. The summed E-state index contributed by atoms with van der Waals surface area (Å²) < 4.78 is 1.76. The van der Waals surface area contributed by atoms with Crippen molar-refractivity contribution in [2.75, 3.05) is 0 Å². The van der Waals surface area contributed by atoms with Crippen molar-refractivity contribution in [3.8, 4) is 0 Å². The van der Waals surface area contributed by atoms with Crippen molar-refractivity contribution in [2.24, 2.45) is 12.8 Å². The smallest absolute Gasteiger partial charge is 0.200 e. The van der Waals surface area contributed by atoms with Gasteiger partial charge in [0.15, 0.2) is 11.6 Å². The Morgan fingerprint density at radius 1 is 1.50 bits per heavy atom. The van der Waals surface area contributed by atoms with Crippen LogP contribution in [-0.4, -0.2) is 20.9 Å². The molecule has 2 N–H and O–H groups in total. The minimum Gasteiger partial charge on any atom is -0.332 e. The van der Waals surface area contributed by atoms with E-state index in [0.29, 0.717) is 12.2 Å². The SMILES string of the molecule is Cn1ccnc1C(=O)CC1(N)CCCCC1. The van der Waals surface area contributed by atoms with E-state index < -0.39 is 0 Å². The van der Waals surface area contributed by atoms with Gasteiger partial charge in [0.05, 0.1) is 0 Å². The molecule has 1 saturated carbocycles. The van der Waals surface area contributed by atoms with Gasteiger partial charge in [-0.1, -0.05) is 19.3 Å². The lowest BCUT2D eigenvalue weighted by Gasteiger charge is -2.32. The maximum absolute atomic E-state index is 12.0. The number of carbonyl (C=O) groups excluding carboxylic acids is 1. The molecule has 0 atom stereocenters. The highest BCUT2D eigenvalue weighted by atomic mass is 16.1. The fourth-order valence-corrected chi connectivity index (χ4v) is 2.47. The number of hydrogen-bond donors (Lipinski definition) is 1. The first-order valence-electron chi connectivity index (χ1n) is 5.90. The largest absolute Gasteiger partial charge is 0.332 e. The summed E-state index contributed by atoms with van der Waals surface area (Å²) in [7, 11) is 1.84. The number of nitrogens with two attached hydrogens (primary N) is 1. The number of ketones is 1. The summed E-state index contributed by atoms with van der Waals surface area (Å²) in [6.07, 6.45) is 9.32. The van der Waals surface area contributed by atoms with Crippen LogP contribution in [-0.2, 0) is 7.05 Å². The maximum atomic E-state index is 12.0. The van der Waals surface area contributed by atoms with Crippen molar-refractivity contribution in [2.45, 2.75) is 44.1 Å². The van der Waals surface area contributed by atoms with Gasteiger partial charge in [0.1, 0.15) is 0 Å². The number of hydrogen-bond acceptors (Lipinski definition) is 3. The fraction of sp³-hybridized carbons (Fsp3) is 0.667. The van der Waals surface area contributed by atoms with E-state index in [2.05, 4.69) is 4.98 Å². The van der Waals surface area contributed by atoms with Crippen LogP contribution in [0.4, 0.5) is 0 Å². The lowest BCUT2D eigenvalue weighted by Crippen LogP contribution is -2.43. The standard InChI is InChI=1S/C12H19N3O/c1-15-8-7-14-11(15)10(16)9-12(13)5-3-2-4-6-12/h7-8H,2-6,9,13H2,1H3. The van der Waals surface area contributed by atoms with Crippen LogP contribution in [0, 0.1) is 0 Å². The van der Waals surface area contributed by atoms with Crippen molar-refractivity contribution in [3.05, 3.63) is 18.2 Å². The highest BCUT2D eigenvalue weighted by Crippen LogP contribution is 2.29. The van der Waals surface area contributed by atoms with Gasteiger partial charge in [0.2, 0.25) is 0 Å². The molecule has 4 nitrogen and oxygen atoms in total. The molecular weight excluding hydrogens is 202 g/mol. The Bertz CT molecular complexity index is 377. The number of carbonyl (C=O) groups is 1. The predicted octanol–water partition coefficient (Wildman–Crippen LogP) is 1.65. The molecule has 0 aromatic carbocycles. The second-order valence-corrected chi connectivity index (χ2v) is 4.88. The average Bonchev–Trinajstić information content (AvgIpc) is 2.65. The molecule has 1 aromatic rings. The molecule has 0 spiro atoms. The van der Waals surface area contributed by atoms with Crippen molar-refractivity contribution in [1.29, 1.82) is 0 Å². The van der Waals surface area contributed by atoms with Gasteiger partial charge in [-0.05, 0) is 12.8 Å². The van der Waals surface area contributed by atoms with E-state index in [-0.39, 0.29) is 11.3 Å². The Kier molecular flexibility index (Phi) is 3.10. The van der Waals surface area contributed by atoms with E-state index >= 15 is 0 Å². The van der Waals surface area contributed by atoms with Crippen LogP contribution in [0.25, 0.3) is 0 Å². The Morgan fingerprint density at radius 2 is 2.19 bits per heavy atom. The number of nitrogens with zero attached hydrogens (tertiary/aromatic N) is 2. The monoisotopic (exact) mass is 221 g/mol. The third-order valence-electron chi connectivity index (χ3n) is 3.43. The molecule has 0 aliphatic heterocycles. The highest BCUT2D eigenvalue weighted by Gasteiger charge is 2.31. The lowest BCUT2D eigenvalue weighted by atomic mass is 9.79. The molecule has 2 rings (SSSR count). The zero-order chi connectivity index (χ0) is 11.6. The first kappa shape index (κ1) is 11.3. The van der Waals surface area contributed by atoms with Crippen LogP contribution in [0.2, 0.25) is 0 Å². The highest BCUT2D eigenvalue weighted by molar-refractivity contribution is 5.93. The molecule has 0 radical (unpaired) electrons. The Balaban J connectivity index is 2.04. The van der Waals surface area contributed by atoms with Crippen LogP contribution in [0.3, 0.4) is 0 Å². The van der Waals surface area contributed by atoms with Crippen molar-refractivity contribution < 1.29 is 4.79 Å². The molecule has 1 aliphatic rings. The summed E-state index contributed by atoms with van der Waals surface area (Å²) in [5.41, 5.74) is 5.97. The Morgan fingerprint density at radius 3 is 2.75 bits per heavy atom. The summed E-state index contributed by atoms with van der Waals surface area (Å²) in [5, 5.41) is 0.